The smallest absolute Gasteiger partial charge is 0.407 e. The number of rotatable bonds is 2. The molecule has 4 heteroatoms. The highest BCUT2D eigenvalue weighted by atomic mass is 16.5. The number of alkyl carbamates (subject to hydrolysis) is 1. The van der Waals surface area contributed by atoms with Crippen LogP contribution < -0.4 is 11.1 Å². The van der Waals surface area contributed by atoms with Crippen LogP contribution in [0.4, 0.5) is 4.79 Å². The SMILES string of the molecule is CCOC(=O)N[C@@H]1CCC/C=C/C[C@@H]1N. The molecule has 15 heavy (non-hydrogen) atoms. The van der Waals surface area contributed by atoms with Crippen molar-refractivity contribution < 1.29 is 9.53 Å². The van der Waals surface area contributed by atoms with E-state index in [1.165, 1.54) is 0 Å². The molecule has 0 aromatic carbocycles. The minimum absolute atomic E-state index is 0.00837. The van der Waals surface area contributed by atoms with Crippen molar-refractivity contribution in [3.63, 3.8) is 0 Å². The Balaban J connectivity index is 2.43. The molecule has 2 atom stereocenters. The molecule has 0 aromatic rings. The summed E-state index contributed by atoms with van der Waals surface area (Å²) in [6.45, 7) is 2.19. The van der Waals surface area contributed by atoms with Gasteiger partial charge in [-0.25, -0.2) is 4.79 Å². The van der Waals surface area contributed by atoms with Crippen molar-refractivity contribution in [3.05, 3.63) is 12.2 Å². The lowest BCUT2D eigenvalue weighted by molar-refractivity contribution is 0.145. The highest BCUT2D eigenvalue weighted by molar-refractivity contribution is 5.67. The lowest BCUT2D eigenvalue weighted by Crippen LogP contribution is -2.47. The van der Waals surface area contributed by atoms with Crippen molar-refractivity contribution in [2.24, 2.45) is 5.73 Å². The van der Waals surface area contributed by atoms with Gasteiger partial charge in [-0.1, -0.05) is 12.2 Å². The zero-order valence-electron chi connectivity index (χ0n) is 9.24. The van der Waals surface area contributed by atoms with Gasteiger partial charge in [0.05, 0.1) is 6.61 Å². The van der Waals surface area contributed by atoms with Crippen molar-refractivity contribution in [1.82, 2.24) is 5.32 Å². The standard InChI is InChI=1S/C11H20N2O2/c1-2-15-11(14)13-10-8-6-4-3-5-7-9(10)12/h3,5,9-10H,2,4,6-8,12H2,1H3,(H,13,14)/b5-3+/t9-,10+/m0/s1. The summed E-state index contributed by atoms with van der Waals surface area (Å²) in [5, 5.41) is 2.82. The Morgan fingerprint density at radius 2 is 2.40 bits per heavy atom. The summed E-state index contributed by atoms with van der Waals surface area (Å²) in [6.07, 6.45) is 7.74. The molecule has 86 valence electrons. The zero-order valence-corrected chi connectivity index (χ0v) is 9.24. The summed E-state index contributed by atoms with van der Waals surface area (Å²) >= 11 is 0. The van der Waals surface area contributed by atoms with E-state index in [2.05, 4.69) is 17.5 Å². The van der Waals surface area contributed by atoms with Gasteiger partial charge in [-0.15, -0.1) is 0 Å². The lowest BCUT2D eigenvalue weighted by atomic mass is 9.97. The van der Waals surface area contributed by atoms with Crippen LogP contribution in [0.2, 0.25) is 0 Å². The first kappa shape index (κ1) is 12.0. The third kappa shape index (κ3) is 4.34. The first-order valence-electron chi connectivity index (χ1n) is 5.58. The molecule has 0 bridgehead atoms. The fraction of sp³-hybridized carbons (Fsp3) is 0.727. The van der Waals surface area contributed by atoms with Crippen LogP contribution in [0, 0.1) is 0 Å². The van der Waals surface area contributed by atoms with Crippen LogP contribution >= 0.6 is 0 Å². The number of carbonyl (C=O) groups is 1. The molecular weight excluding hydrogens is 192 g/mol. The third-order valence-electron chi connectivity index (χ3n) is 2.56. The van der Waals surface area contributed by atoms with Crippen LogP contribution in [0.1, 0.15) is 32.6 Å². The minimum Gasteiger partial charge on any atom is -0.450 e. The van der Waals surface area contributed by atoms with Crippen LogP contribution in [0.15, 0.2) is 12.2 Å². The average Bonchev–Trinajstić information content (AvgIpc) is 2.18. The van der Waals surface area contributed by atoms with E-state index >= 15 is 0 Å². The van der Waals surface area contributed by atoms with Crippen LogP contribution in [0.5, 0.6) is 0 Å². The number of amides is 1. The number of carbonyl (C=O) groups excluding carboxylic acids is 1. The molecule has 1 aliphatic rings. The summed E-state index contributed by atoms with van der Waals surface area (Å²) in [5.41, 5.74) is 5.97. The fourth-order valence-electron chi connectivity index (χ4n) is 1.71. The minimum atomic E-state index is -0.359. The normalized spacial score (nSPS) is 28.7. The summed E-state index contributed by atoms with van der Waals surface area (Å²) in [5.74, 6) is 0. The van der Waals surface area contributed by atoms with Crippen molar-refractivity contribution in [2.45, 2.75) is 44.7 Å². The molecule has 1 rings (SSSR count). The second kappa shape index (κ2) is 6.45. The Hall–Kier alpha value is -1.03. The van der Waals surface area contributed by atoms with Crippen molar-refractivity contribution in [1.29, 1.82) is 0 Å². The number of hydrogen-bond donors (Lipinski definition) is 2. The van der Waals surface area contributed by atoms with E-state index in [4.69, 9.17) is 10.5 Å². The molecule has 1 aliphatic carbocycles. The van der Waals surface area contributed by atoms with E-state index in [1.54, 1.807) is 6.92 Å². The van der Waals surface area contributed by atoms with Gasteiger partial charge < -0.3 is 15.8 Å². The van der Waals surface area contributed by atoms with Gasteiger partial charge in [0.1, 0.15) is 0 Å². The van der Waals surface area contributed by atoms with E-state index in [9.17, 15) is 4.79 Å². The summed E-state index contributed by atoms with van der Waals surface area (Å²) in [6, 6.07) is 0.0277. The number of allylic oxidation sites excluding steroid dienone is 1. The van der Waals surface area contributed by atoms with E-state index in [1.807, 2.05) is 0 Å². The maximum atomic E-state index is 11.2. The second-order valence-electron chi connectivity index (χ2n) is 3.77. The summed E-state index contributed by atoms with van der Waals surface area (Å²) < 4.78 is 4.84. The average molecular weight is 212 g/mol. The molecule has 0 aliphatic heterocycles. The van der Waals surface area contributed by atoms with Crippen LogP contribution in [-0.2, 0) is 4.74 Å². The number of nitrogens with two attached hydrogens (primary N) is 1. The molecule has 4 nitrogen and oxygen atoms in total. The largest absolute Gasteiger partial charge is 0.450 e. The topological polar surface area (TPSA) is 64.3 Å². The van der Waals surface area contributed by atoms with Crippen molar-refractivity contribution in [2.75, 3.05) is 6.61 Å². The van der Waals surface area contributed by atoms with E-state index < -0.39 is 0 Å². The van der Waals surface area contributed by atoms with E-state index in [0.717, 1.165) is 25.7 Å². The Bertz CT molecular complexity index is 229. The molecule has 0 heterocycles. The third-order valence-corrected chi connectivity index (χ3v) is 2.56. The van der Waals surface area contributed by atoms with Gasteiger partial charge in [0.25, 0.3) is 0 Å². The molecule has 3 N–H and O–H groups in total. The Kier molecular flexibility index (Phi) is 5.18. The number of nitrogens with one attached hydrogen (secondary N) is 1. The summed E-state index contributed by atoms with van der Waals surface area (Å²) in [4.78, 5) is 11.2. The van der Waals surface area contributed by atoms with Gasteiger partial charge in [0, 0.05) is 12.1 Å². The number of hydrogen-bond acceptors (Lipinski definition) is 3. The van der Waals surface area contributed by atoms with Gasteiger partial charge in [-0.05, 0) is 32.6 Å². The summed E-state index contributed by atoms with van der Waals surface area (Å²) in [7, 11) is 0. The Morgan fingerprint density at radius 3 is 3.13 bits per heavy atom. The van der Waals surface area contributed by atoms with E-state index in [-0.39, 0.29) is 18.2 Å². The number of ether oxygens (including phenoxy) is 1. The molecule has 0 saturated heterocycles. The molecule has 0 saturated carbocycles. The Morgan fingerprint density at radius 1 is 1.60 bits per heavy atom. The zero-order chi connectivity index (χ0) is 11.1. The monoisotopic (exact) mass is 212 g/mol. The molecular formula is C11H20N2O2. The molecule has 0 unspecified atom stereocenters. The first-order valence-corrected chi connectivity index (χ1v) is 5.58. The van der Waals surface area contributed by atoms with Crippen LogP contribution in [0.3, 0.4) is 0 Å². The maximum Gasteiger partial charge on any atom is 0.407 e. The van der Waals surface area contributed by atoms with Crippen LogP contribution in [0.25, 0.3) is 0 Å². The van der Waals surface area contributed by atoms with Crippen molar-refractivity contribution >= 4 is 6.09 Å². The van der Waals surface area contributed by atoms with Crippen LogP contribution in [-0.4, -0.2) is 24.8 Å². The molecule has 1 amide bonds. The van der Waals surface area contributed by atoms with Gasteiger partial charge in [-0.3, -0.25) is 0 Å². The van der Waals surface area contributed by atoms with Gasteiger partial charge in [0.15, 0.2) is 0 Å². The van der Waals surface area contributed by atoms with Gasteiger partial charge >= 0.3 is 6.09 Å². The molecule has 0 spiro atoms. The predicted molar refractivity (Wildman–Crippen MR) is 59.5 cm³/mol. The van der Waals surface area contributed by atoms with Crippen molar-refractivity contribution in [3.8, 4) is 0 Å². The Labute approximate surface area is 90.9 Å². The molecule has 0 aromatic heterocycles. The highest BCUT2D eigenvalue weighted by Crippen LogP contribution is 2.11. The second-order valence-corrected chi connectivity index (χ2v) is 3.77. The van der Waals surface area contributed by atoms with Gasteiger partial charge in [-0.2, -0.15) is 0 Å². The van der Waals surface area contributed by atoms with Gasteiger partial charge in [0.2, 0.25) is 0 Å². The molecule has 0 radical (unpaired) electrons. The van der Waals surface area contributed by atoms with E-state index in [0.29, 0.717) is 6.61 Å². The maximum absolute atomic E-state index is 11.2. The molecule has 0 fully saturated rings. The fourth-order valence-corrected chi connectivity index (χ4v) is 1.71. The quantitative estimate of drug-likeness (QED) is 0.683. The highest BCUT2D eigenvalue weighted by Gasteiger charge is 2.19. The lowest BCUT2D eigenvalue weighted by Gasteiger charge is -2.25. The predicted octanol–water partition coefficient (Wildman–Crippen LogP) is 1.56. The first-order chi connectivity index (χ1) is 7.24.